The van der Waals surface area contributed by atoms with Crippen LogP contribution in [0.1, 0.15) is 30.9 Å². The predicted molar refractivity (Wildman–Crippen MR) is 115 cm³/mol. The van der Waals surface area contributed by atoms with Crippen molar-refractivity contribution in [3.8, 4) is 0 Å². The molecular formula is C22H30N6O2. The fourth-order valence-electron chi connectivity index (χ4n) is 5.16. The van der Waals surface area contributed by atoms with Gasteiger partial charge in [-0.1, -0.05) is 0 Å². The van der Waals surface area contributed by atoms with Crippen LogP contribution >= 0.6 is 0 Å². The van der Waals surface area contributed by atoms with E-state index in [0.717, 1.165) is 55.9 Å². The Morgan fingerprint density at radius 2 is 1.97 bits per heavy atom. The molecular weight excluding hydrogens is 380 g/mol. The molecule has 8 nitrogen and oxygen atoms in total. The summed E-state index contributed by atoms with van der Waals surface area (Å²) in [6.45, 7) is 7.87. The number of aryl methyl sites for hydroxylation is 1. The molecule has 2 amide bonds. The molecule has 2 atom stereocenters. The van der Waals surface area contributed by atoms with E-state index in [1.807, 2.05) is 11.7 Å². The number of amides is 2. The van der Waals surface area contributed by atoms with E-state index in [9.17, 15) is 9.59 Å². The molecule has 8 heteroatoms. The van der Waals surface area contributed by atoms with Crippen LogP contribution in [0.4, 0.5) is 5.69 Å². The van der Waals surface area contributed by atoms with Gasteiger partial charge in [0, 0.05) is 70.4 Å². The first kappa shape index (κ1) is 19.5. The molecule has 1 aromatic carbocycles. The minimum absolute atomic E-state index is 0.192. The summed E-state index contributed by atoms with van der Waals surface area (Å²) < 4.78 is 1.87. The van der Waals surface area contributed by atoms with Gasteiger partial charge in [0.1, 0.15) is 0 Å². The fraction of sp³-hybridized carbons (Fsp3) is 0.591. The topological polar surface area (TPSA) is 82.5 Å². The van der Waals surface area contributed by atoms with Crippen LogP contribution in [-0.2, 0) is 16.6 Å². The Labute approximate surface area is 176 Å². The van der Waals surface area contributed by atoms with Crippen LogP contribution in [0.15, 0.2) is 18.2 Å². The highest BCUT2D eigenvalue weighted by atomic mass is 16.2. The van der Waals surface area contributed by atoms with Crippen molar-refractivity contribution >= 4 is 28.4 Å². The zero-order valence-corrected chi connectivity index (χ0v) is 17.6. The Kier molecular flexibility index (Phi) is 5.20. The van der Waals surface area contributed by atoms with Crippen molar-refractivity contribution in [2.75, 3.05) is 50.7 Å². The molecule has 1 aromatic heterocycles. The summed E-state index contributed by atoms with van der Waals surface area (Å²) in [6.07, 6.45) is 2.13. The zero-order valence-electron chi connectivity index (χ0n) is 17.6. The molecule has 3 aliphatic heterocycles. The first-order chi connectivity index (χ1) is 14.6. The molecule has 5 rings (SSSR count). The summed E-state index contributed by atoms with van der Waals surface area (Å²) in [5.41, 5.74) is 3.04. The van der Waals surface area contributed by atoms with Crippen LogP contribution in [0.25, 0.3) is 10.9 Å². The lowest BCUT2D eigenvalue weighted by atomic mass is 9.93. The molecule has 2 aromatic rings. The number of hydrogen-bond acceptors (Lipinski definition) is 6. The molecule has 3 aliphatic rings. The zero-order chi connectivity index (χ0) is 20.7. The van der Waals surface area contributed by atoms with E-state index in [4.69, 9.17) is 0 Å². The minimum atomic E-state index is -0.354. The molecule has 4 heterocycles. The number of benzene rings is 1. The van der Waals surface area contributed by atoms with Crippen molar-refractivity contribution < 1.29 is 9.59 Å². The monoisotopic (exact) mass is 410 g/mol. The van der Waals surface area contributed by atoms with Crippen LogP contribution in [0.2, 0.25) is 0 Å². The minimum Gasteiger partial charge on any atom is -0.371 e. The van der Waals surface area contributed by atoms with E-state index in [-0.39, 0.29) is 17.7 Å². The third-order valence-electron chi connectivity index (χ3n) is 6.81. The number of nitrogens with zero attached hydrogens (tertiary/aromatic N) is 4. The number of imide groups is 1. The van der Waals surface area contributed by atoms with Gasteiger partial charge in [-0.3, -0.25) is 19.6 Å². The smallest absolute Gasteiger partial charge is 0.235 e. The second-order valence-electron chi connectivity index (χ2n) is 8.87. The van der Waals surface area contributed by atoms with Gasteiger partial charge < -0.3 is 15.1 Å². The summed E-state index contributed by atoms with van der Waals surface area (Å²) in [5, 5.41) is 11.5. The third-order valence-corrected chi connectivity index (χ3v) is 6.81. The van der Waals surface area contributed by atoms with Crippen molar-refractivity contribution in [3.05, 3.63) is 23.9 Å². The lowest BCUT2D eigenvalue weighted by molar-refractivity contribution is -0.134. The number of piperidine rings is 1. The number of rotatable bonds is 4. The Morgan fingerprint density at radius 3 is 2.77 bits per heavy atom. The summed E-state index contributed by atoms with van der Waals surface area (Å²) in [7, 11) is 1.93. The number of nitrogens with one attached hydrogen (secondary N) is 2. The van der Waals surface area contributed by atoms with Crippen LogP contribution in [0.5, 0.6) is 0 Å². The van der Waals surface area contributed by atoms with E-state index in [2.05, 4.69) is 43.7 Å². The predicted octanol–water partition coefficient (Wildman–Crippen LogP) is 0.825. The van der Waals surface area contributed by atoms with Crippen molar-refractivity contribution in [3.63, 3.8) is 0 Å². The van der Waals surface area contributed by atoms with E-state index in [1.54, 1.807) is 0 Å². The molecule has 3 saturated heterocycles. The molecule has 160 valence electrons. The van der Waals surface area contributed by atoms with Gasteiger partial charge in [-0.2, -0.15) is 5.10 Å². The van der Waals surface area contributed by atoms with Crippen molar-refractivity contribution in [2.24, 2.45) is 13.0 Å². The van der Waals surface area contributed by atoms with Gasteiger partial charge in [0.2, 0.25) is 11.8 Å². The van der Waals surface area contributed by atoms with Crippen LogP contribution in [0, 0.1) is 5.92 Å². The van der Waals surface area contributed by atoms with Gasteiger partial charge in [0.25, 0.3) is 0 Å². The van der Waals surface area contributed by atoms with Gasteiger partial charge >= 0.3 is 0 Å². The normalized spacial score (nSPS) is 25.8. The highest BCUT2D eigenvalue weighted by Crippen LogP contribution is 2.33. The maximum Gasteiger partial charge on any atom is 0.235 e. The van der Waals surface area contributed by atoms with Crippen LogP contribution < -0.4 is 15.5 Å². The average Bonchev–Trinajstić information content (AvgIpc) is 3.33. The molecule has 0 saturated carbocycles. The van der Waals surface area contributed by atoms with Gasteiger partial charge in [-0.15, -0.1) is 0 Å². The lowest BCUT2D eigenvalue weighted by Crippen LogP contribution is -2.45. The van der Waals surface area contributed by atoms with Gasteiger partial charge in [0.05, 0.1) is 17.1 Å². The van der Waals surface area contributed by atoms with Crippen molar-refractivity contribution in [1.29, 1.82) is 0 Å². The Balaban J connectivity index is 1.32. The van der Waals surface area contributed by atoms with Crippen LogP contribution in [0.3, 0.4) is 0 Å². The second kappa shape index (κ2) is 8.00. The number of anilines is 1. The number of carbonyl (C=O) groups is 2. The molecule has 30 heavy (non-hydrogen) atoms. The SMILES string of the molecule is Cn1nc(C2CCC(=O)NC2=O)c2ccc(N3CC[C@@H](CN4CCNCC4)C3)cc21. The first-order valence-corrected chi connectivity index (χ1v) is 11.1. The quantitative estimate of drug-likeness (QED) is 0.727. The van der Waals surface area contributed by atoms with E-state index in [0.29, 0.717) is 18.8 Å². The number of aromatic nitrogens is 2. The standard InChI is InChI=1S/C22H30N6O2/c1-26-19-12-16(28-9-6-15(14-28)13-27-10-7-23-8-11-27)2-3-17(19)21(25-26)18-4-5-20(29)24-22(18)30/h2-3,12,15,18,23H,4-11,13-14H2,1H3,(H,24,29,30)/t15-,18?/m0/s1. The lowest BCUT2D eigenvalue weighted by Gasteiger charge is -2.29. The number of piperazine rings is 1. The maximum absolute atomic E-state index is 12.3. The van der Waals surface area contributed by atoms with Gasteiger partial charge in [0.15, 0.2) is 0 Å². The first-order valence-electron chi connectivity index (χ1n) is 11.1. The number of carbonyl (C=O) groups excluding carboxylic acids is 2. The molecule has 3 fully saturated rings. The number of hydrogen-bond donors (Lipinski definition) is 2. The van der Waals surface area contributed by atoms with Gasteiger partial charge in [-0.05, 0) is 37.0 Å². The Hall–Kier alpha value is -2.45. The largest absolute Gasteiger partial charge is 0.371 e. The van der Waals surface area contributed by atoms with E-state index >= 15 is 0 Å². The fourth-order valence-corrected chi connectivity index (χ4v) is 5.16. The highest BCUT2D eigenvalue weighted by molar-refractivity contribution is 6.02. The summed E-state index contributed by atoms with van der Waals surface area (Å²) >= 11 is 0. The number of fused-ring (bicyclic) bond motifs is 1. The Morgan fingerprint density at radius 1 is 1.13 bits per heavy atom. The molecule has 0 spiro atoms. The average molecular weight is 411 g/mol. The second-order valence-corrected chi connectivity index (χ2v) is 8.87. The summed E-state index contributed by atoms with van der Waals surface area (Å²) in [4.78, 5) is 28.9. The van der Waals surface area contributed by atoms with E-state index in [1.165, 1.54) is 18.7 Å². The summed E-state index contributed by atoms with van der Waals surface area (Å²) in [6, 6.07) is 6.46. The molecule has 0 bridgehead atoms. The Bertz CT molecular complexity index is 964. The van der Waals surface area contributed by atoms with Crippen molar-refractivity contribution in [2.45, 2.75) is 25.2 Å². The molecule has 2 N–H and O–H groups in total. The van der Waals surface area contributed by atoms with E-state index < -0.39 is 0 Å². The molecule has 1 unspecified atom stereocenters. The highest BCUT2D eigenvalue weighted by Gasteiger charge is 2.32. The molecule has 0 radical (unpaired) electrons. The molecule has 0 aliphatic carbocycles. The third kappa shape index (κ3) is 3.70. The van der Waals surface area contributed by atoms with Crippen LogP contribution in [-0.4, -0.2) is 72.3 Å². The summed E-state index contributed by atoms with van der Waals surface area (Å²) in [5.74, 6) is -0.0642. The maximum atomic E-state index is 12.3. The van der Waals surface area contributed by atoms with Gasteiger partial charge in [-0.25, -0.2) is 0 Å². The van der Waals surface area contributed by atoms with Crippen molar-refractivity contribution in [1.82, 2.24) is 25.3 Å².